The molecule has 0 aliphatic carbocycles. The quantitative estimate of drug-likeness (QED) is 0.0537. The molecular formula is C49H51N6O13P3-2. The van der Waals surface area contributed by atoms with Crippen LogP contribution in [0.1, 0.15) is 63.5 Å². The fourth-order valence-electron chi connectivity index (χ4n) is 9.53. The molecule has 22 heteroatoms. The number of carbonyl (C=O) groups is 1. The molecule has 1 amide bonds. The number of nitrogens with two attached hydrogens (primary N) is 1. The summed E-state index contributed by atoms with van der Waals surface area (Å²) in [5.41, 5.74) is 11.3. The van der Waals surface area contributed by atoms with Crippen molar-refractivity contribution in [3.05, 3.63) is 142 Å². The number of nitrogens with one attached hydrogen (secondary N) is 1. The first-order valence-electron chi connectivity index (χ1n) is 22.4. The number of anilines is 2. The number of nitrogen functional groups attached to an aromatic ring is 1. The van der Waals surface area contributed by atoms with Crippen LogP contribution in [0.25, 0.3) is 21.5 Å². The Kier molecular flexibility index (Phi) is 14.5. The molecule has 4 aromatic carbocycles. The minimum absolute atomic E-state index is 0.0124. The average Bonchev–Trinajstić information content (AvgIpc) is 3.92. The molecule has 8 rings (SSSR count). The summed E-state index contributed by atoms with van der Waals surface area (Å²) in [5.74, 6) is 5.22. The lowest BCUT2D eigenvalue weighted by Gasteiger charge is -2.33. The SMILES string of the molecule is COP(=O)([O-])OP(=O)([O-])OP(=O)([O-])OC[C@@H]1CC[C@H](n2cc(C#CCNC(=O)CN3C(=CC=CC=CC4=[N+](C)c5ccc6ccccc6c5C4(C)C)C(C)(C)c4c3ccc3ccccc43)c(N)nc2=O)O1. The molecule has 1 aromatic heterocycles. The van der Waals surface area contributed by atoms with Gasteiger partial charge in [-0.15, -0.1) is 0 Å². The molecule has 0 bridgehead atoms. The maximum atomic E-state index is 13.7. The van der Waals surface area contributed by atoms with Crippen molar-refractivity contribution in [1.29, 1.82) is 0 Å². The lowest BCUT2D eigenvalue weighted by molar-refractivity contribution is -0.401. The number of ether oxygens (including phenoxy) is 1. The molecular weight excluding hydrogens is 973 g/mol. The monoisotopic (exact) mass is 1020 g/mol. The van der Waals surface area contributed by atoms with Crippen LogP contribution in [0.3, 0.4) is 0 Å². The number of hydrogen-bond acceptors (Lipinski definition) is 16. The first-order chi connectivity index (χ1) is 33.5. The smallest absolute Gasteiger partial charge is 0.351 e. The van der Waals surface area contributed by atoms with Crippen molar-refractivity contribution in [3.8, 4) is 11.8 Å². The van der Waals surface area contributed by atoms with Gasteiger partial charge in [-0.1, -0.05) is 98.5 Å². The predicted octanol–water partition coefficient (Wildman–Crippen LogP) is 5.88. The summed E-state index contributed by atoms with van der Waals surface area (Å²) in [7, 11) is -14.4. The highest BCUT2D eigenvalue weighted by Crippen LogP contribution is 2.63. The number of rotatable bonds is 15. The fraction of sp³-hybridized carbons (Fsp3) is 0.306. The molecule has 5 atom stereocenters. The van der Waals surface area contributed by atoms with Crippen LogP contribution < -0.4 is 36.3 Å². The molecule has 0 saturated carbocycles. The number of phosphoric acid groups is 3. The van der Waals surface area contributed by atoms with E-state index >= 15 is 0 Å². The zero-order valence-corrected chi connectivity index (χ0v) is 42.3. The highest BCUT2D eigenvalue weighted by Gasteiger charge is 2.44. The van der Waals surface area contributed by atoms with Gasteiger partial charge in [0.15, 0.2) is 5.71 Å². The van der Waals surface area contributed by atoms with Gasteiger partial charge in [-0.3, -0.25) is 23.1 Å². The average molecular weight is 1020 g/mol. The van der Waals surface area contributed by atoms with E-state index in [0.29, 0.717) is 7.11 Å². The van der Waals surface area contributed by atoms with Gasteiger partial charge in [0.05, 0.1) is 30.2 Å². The normalized spacial score (nSPS) is 21.3. The number of aromatic nitrogens is 2. The van der Waals surface area contributed by atoms with E-state index in [-0.39, 0.29) is 48.6 Å². The lowest BCUT2D eigenvalue weighted by atomic mass is 9.79. The van der Waals surface area contributed by atoms with Gasteiger partial charge in [-0.25, -0.2) is 13.4 Å². The molecule has 3 aliphatic rings. The van der Waals surface area contributed by atoms with E-state index < -0.39 is 53.5 Å². The van der Waals surface area contributed by atoms with Crippen LogP contribution >= 0.6 is 23.5 Å². The molecule has 3 N–H and O–H groups in total. The molecule has 5 aromatic rings. The molecule has 19 nitrogen and oxygen atoms in total. The Balaban J connectivity index is 0.937. The van der Waals surface area contributed by atoms with Crippen LogP contribution in [0.5, 0.6) is 0 Å². The summed E-state index contributed by atoms with van der Waals surface area (Å²) >= 11 is 0. The molecule has 4 heterocycles. The van der Waals surface area contributed by atoms with Crippen LogP contribution in [0, 0.1) is 11.8 Å². The number of fused-ring (bicyclic) bond motifs is 6. The first-order valence-corrected chi connectivity index (χ1v) is 26.7. The van der Waals surface area contributed by atoms with Crippen molar-refractivity contribution in [3.63, 3.8) is 0 Å². The van der Waals surface area contributed by atoms with Gasteiger partial charge < -0.3 is 44.4 Å². The third-order valence-electron chi connectivity index (χ3n) is 12.7. The zero-order chi connectivity index (χ0) is 51.1. The molecule has 1 fully saturated rings. The first kappa shape index (κ1) is 51.5. The van der Waals surface area contributed by atoms with Crippen LogP contribution in [0.2, 0.25) is 0 Å². The van der Waals surface area contributed by atoms with Gasteiger partial charge in [-0.05, 0) is 72.0 Å². The van der Waals surface area contributed by atoms with Gasteiger partial charge in [0, 0.05) is 47.8 Å². The van der Waals surface area contributed by atoms with E-state index in [0.717, 1.165) is 32.3 Å². The number of benzene rings is 4. The summed E-state index contributed by atoms with van der Waals surface area (Å²) in [6.07, 6.45) is 9.93. The van der Waals surface area contributed by atoms with Crippen molar-refractivity contribution in [2.75, 3.05) is 44.5 Å². The summed E-state index contributed by atoms with van der Waals surface area (Å²) < 4.78 is 60.1. The van der Waals surface area contributed by atoms with E-state index in [1.807, 2.05) is 41.3 Å². The minimum Gasteiger partial charge on any atom is -0.756 e. The fourth-order valence-corrected chi connectivity index (χ4v) is 12.7. The molecule has 71 heavy (non-hydrogen) atoms. The number of amides is 1. The van der Waals surface area contributed by atoms with E-state index in [9.17, 15) is 38.0 Å². The molecule has 0 spiro atoms. The Hall–Kier alpha value is -5.83. The van der Waals surface area contributed by atoms with Crippen molar-refractivity contribution >= 4 is 73.8 Å². The van der Waals surface area contributed by atoms with Gasteiger partial charge >= 0.3 is 5.69 Å². The highest BCUT2D eigenvalue weighted by molar-refractivity contribution is 7.65. The van der Waals surface area contributed by atoms with E-state index in [4.69, 9.17) is 10.5 Å². The molecule has 372 valence electrons. The number of allylic oxidation sites excluding steroid dienone is 6. The maximum Gasteiger partial charge on any atom is 0.351 e. The molecule has 0 radical (unpaired) electrons. The topological polar surface area (TPSA) is 263 Å². The largest absolute Gasteiger partial charge is 0.756 e. The maximum absolute atomic E-state index is 13.7. The van der Waals surface area contributed by atoms with Crippen molar-refractivity contribution < 1.29 is 60.2 Å². The van der Waals surface area contributed by atoms with Gasteiger partial charge in [0.25, 0.3) is 23.5 Å². The third-order valence-corrected chi connectivity index (χ3v) is 16.8. The predicted molar refractivity (Wildman–Crippen MR) is 262 cm³/mol. The summed E-state index contributed by atoms with van der Waals surface area (Å²) in [6, 6.07) is 25.1. The van der Waals surface area contributed by atoms with Gasteiger partial charge in [0.1, 0.15) is 25.6 Å². The lowest BCUT2D eigenvalue weighted by Crippen LogP contribution is -2.37. The van der Waals surface area contributed by atoms with Crippen LogP contribution in [0.4, 0.5) is 17.2 Å². The second-order valence-corrected chi connectivity index (χ2v) is 22.6. The zero-order valence-electron chi connectivity index (χ0n) is 39.6. The summed E-state index contributed by atoms with van der Waals surface area (Å²) in [5, 5.41) is 7.50. The molecule has 3 aliphatic heterocycles. The van der Waals surface area contributed by atoms with E-state index in [1.54, 1.807) is 0 Å². The van der Waals surface area contributed by atoms with Crippen LogP contribution in [0.15, 0.2) is 120 Å². The van der Waals surface area contributed by atoms with E-state index in [1.165, 1.54) is 33.9 Å². The summed E-state index contributed by atoms with van der Waals surface area (Å²) in [4.78, 5) is 67.6. The van der Waals surface area contributed by atoms with Crippen LogP contribution in [-0.2, 0) is 51.7 Å². The summed E-state index contributed by atoms with van der Waals surface area (Å²) in [6.45, 7) is 7.97. The van der Waals surface area contributed by atoms with Crippen molar-refractivity contribution in [1.82, 2.24) is 14.9 Å². The van der Waals surface area contributed by atoms with Crippen molar-refractivity contribution in [2.45, 2.75) is 63.7 Å². The van der Waals surface area contributed by atoms with Gasteiger partial charge in [-0.2, -0.15) is 9.56 Å². The Labute approximate surface area is 409 Å². The Morgan fingerprint density at radius 2 is 1.56 bits per heavy atom. The standard InChI is InChI=1S/C49H53N6O13P3/c1-48(2)40(53(5)38-25-22-32-15-10-12-18-36(32)44(38)48)20-8-7-9-21-41-49(3,4)45-37-19-13-11-16-33(37)23-26-39(45)54(41)30-42(56)51-28-14-17-34-29-55(47(57)52-46(34)50)43-27-24-35(66-43)31-65-70(60,61)68-71(62,63)67-69(58,59)64-6/h7-13,15-16,18-23,25-26,29,35,43H,24,27-28,30-31H2,1-6H3,(H5-,50,51,52,56,57,58,59,60,61,62,63)/p-2/t35-,43+/m0/s1. The number of nitrogens with zero attached hydrogens (tertiary/aromatic N) is 4. The second-order valence-electron chi connectivity index (χ2n) is 18.0. The Morgan fingerprint density at radius 3 is 2.27 bits per heavy atom. The Morgan fingerprint density at radius 1 is 0.901 bits per heavy atom. The molecule has 1 saturated heterocycles. The number of phosphoric ester groups is 2. The van der Waals surface area contributed by atoms with Crippen LogP contribution in [-0.4, -0.2) is 65.7 Å². The molecule has 3 unspecified atom stereocenters. The van der Waals surface area contributed by atoms with Crippen molar-refractivity contribution in [2.24, 2.45) is 0 Å². The Bertz CT molecular complexity index is 3370. The van der Waals surface area contributed by atoms with E-state index in [2.05, 4.69) is 146 Å². The number of carbonyl (C=O) groups excluding carboxylic acids is 1. The highest BCUT2D eigenvalue weighted by atomic mass is 31.3. The second kappa shape index (κ2) is 20.0. The number of hydrogen-bond donors (Lipinski definition) is 2. The third kappa shape index (κ3) is 10.9. The minimum atomic E-state index is -5.97. The van der Waals surface area contributed by atoms with Gasteiger partial charge in [0.2, 0.25) is 11.6 Å².